The van der Waals surface area contributed by atoms with Crippen LogP contribution in [0.3, 0.4) is 0 Å². The Labute approximate surface area is 123 Å². The van der Waals surface area contributed by atoms with Gasteiger partial charge in [0.25, 0.3) is 0 Å². The van der Waals surface area contributed by atoms with Gasteiger partial charge in [-0.1, -0.05) is 51.1 Å². The fourth-order valence-corrected chi connectivity index (χ4v) is 3.69. The van der Waals surface area contributed by atoms with Gasteiger partial charge >= 0.3 is 0 Å². The Morgan fingerprint density at radius 2 is 1.75 bits per heavy atom. The molecule has 0 bridgehead atoms. The van der Waals surface area contributed by atoms with E-state index < -0.39 is 9.84 Å². The summed E-state index contributed by atoms with van der Waals surface area (Å²) in [6.45, 7) is 6.95. The third kappa shape index (κ3) is 6.53. The van der Waals surface area contributed by atoms with Crippen molar-refractivity contribution in [2.24, 2.45) is 0 Å². The molecule has 0 radical (unpaired) electrons. The van der Waals surface area contributed by atoms with Crippen LogP contribution >= 0.6 is 0 Å². The van der Waals surface area contributed by atoms with Gasteiger partial charge in [-0.05, 0) is 24.3 Å². The molecule has 1 rings (SSSR count). The highest BCUT2D eigenvalue weighted by molar-refractivity contribution is 7.91. The molecule has 20 heavy (non-hydrogen) atoms. The molecule has 1 N–H and O–H groups in total. The van der Waals surface area contributed by atoms with Crippen molar-refractivity contribution in [3.8, 4) is 0 Å². The maximum Gasteiger partial charge on any atom is 0.150 e. The predicted molar refractivity (Wildman–Crippen MR) is 85.9 cm³/mol. The second-order valence-corrected chi connectivity index (χ2v) is 7.91. The van der Waals surface area contributed by atoms with Crippen LogP contribution in [0.2, 0.25) is 0 Å². The van der Waals surface area contributed by atoms with Gasteiger partial charge in [0.2, 0.25) is 0 Å². The normalized spacial score (nSPS) is 13.6. The second-order valence-electron chi connectivity index (χ2n) is 5.61. The van der Waals surface area contributed by atoms with E-state index in [0.29, 0.717) is 24.6 Å². The van der Waals surface area contributed by atoms with E-state index in [1.54, 1.807) is 0 Å². The van der Waals surface area contributed by atoms with Crippen LogP contribution < -0.4 is 5.32 Å². The maximum absolute atomic E-state index is 11.9. The van der Waals surface area contributed by atoms with Crippen LogP contribution in [0.4, 0.5) is 0 Å². The molecule has 4 heteroatoms. The molecule has 1 atom stereocenters. The predicted octanol–water partition coefficient (Wildman–Crippen LogP) is 2.98. The van der Waals surface area contributed by atoms with Crippen molar-refractivity contribution in [2.75, 3.05) is 18.1 Å². The summed E-state index contributed by atoms with van der Waals surface area (Å²) in [4.78, 5) is 0. The van der Waals surface area contributed by atoms with E-state index in [-0.39, 0.29) is 11.7 Å². The molecule has 0 aliphatic rings. The van der Waals surface area contributed by atoms with Gasteiger partial charge in [-0.15, -0.1) is 0 Å². The third-order valence-electron chi connectivity index (χ3n) is 3.34. The average molecular weight is 297 g/mol. The van der Waals surface area contributed by atoms with E-state index in [1.807, 2.05) is 25.1 Å². The summed E-state index contributed by atoms with van der Waals surface area (Å²) in [5, 5.41) is 3.42. The van der Waals surface area contributed by atoms with Gasteiger partial charge in [0.05, 0.1) is 5.75 Å². The van der Waals surface area contributed by atoms with Gasteiger partial charge in [0.1, 0.15) is 9.84 Å². The fourth-order valence-electron chi connectivity index (χ4n) is 2.22. The molecule has 3 nitrogen and oxygen atoms in total. The molecule has 0 aromatic heterocycles. The number of hydrogen-bond acceptors (Lipinski definition) is 3. The van der Waals surface area contributed by atoms with Crippen molar-refractivity contribution < 1.29 is 8.42 Å². The first-order valence-corrected chi connectivity index (χ1v) is 9.25. The van der Waals surface area contributed by atoms with Crippen molar-refractivity contribution in [3.63, 3.8) is 0 Å². The molecule has 0 aliphatic heterocycles. The van der Waals surface area contributed by atoms with Crippen LogP contribution in [-0.4, -0.2) is 32.5 Å². The fraction of sp³-hybridized carbons (Fsp3) is 0.625. The molecule has 0 saturated carbocycles. The molecule has 0 aliphatic carbocycles. The Hall–Kier alpha value is -0.870. The summed E-state index contributed by atoms with van der Waals surface area (Å²) < 4.78 is 23.8. The molecule has 114 valence electrons. The van der Waals surface area contributed by atoms with Crippen LogP contribution in [0.15, 0.2) is 30.3 Å². The Balaban J connectivity index is 2.69. The summed E-state index contributed by atoms with van der Waals surface area (Å²) in [6, 6.07) is 10.6. The van der Waals surface area contributed by atoms with Gasteiger partial charge in [0.15, 0.2) is 0 Å². The monoisotopic (exact) mass is 297 g/mol. The highest BCUT2D eigenvalue weighted by atomic mass is 32.2. The quantitative estimate of drug-likeness (QED) is 0.762. The van der Waals surface area contributed by atoms with E-state index in [9.17, 15) is 8.42 Å². The van der Waals surface area contributed by atoms with Gasteiger partial charge < -0.3 is 5.32 Å². The van der Waals surface area contributed by atoms with E-state index in [2.05, 4.69) is 31.3 Å². The molecule has 0 fully saturated rings. The summed E-state index contributed by atoms with van der Waals surface area (Å²) in [7, 11) is -2.90. The van der Waals surface area contributed by atoms with Crippen LogP contribution in [-0.2, 0) is 9.84 Å². The minimum Gasteiger partial charge on any atom is -0.314 e. The molecule has 1 aromatic carbocycles. The minimum atomic E-state index is -2.90. The first kappa shape index (κ1) is 17.2. The molecule has 1 aromatic rings. The van der Waals surface area contributed by atoms with Crippen LogP contribution in [0.25, 0.3) is 0 Å². The number of sulfone groups is 1. The molecular formula is C16H27NO2S. The van der Waals surface area contributed by atoms with Crippen LogP contribution in [0, 0.1) is 0 Å². The zero-order chi connectivity index (χ0) is 15.0. The Morgan fingerprint density at radius 1 is 1.10 bits per heavy atom. The summed E-state index contributed by atoms with van der Waals surface area (Å²) >= 11 is 0. The summed E-state index contributed by atoms with van der Waals surface area (Å²) in [6.07, 6.45) is 1.38. The molecule has 0 heterocycles. The van der Waals surface area contributed by atoms with Crippen LogP contribution in [0.5, 0.6) is 0 Å². The van der Waals surface area contributed by atoms with Crippen molar-refractivity contribution in [1.29, 1.82) is 0 Å². The van der Waals surface area contributed by atoms with Gasteiger partial charge in [-0.25, -0.2) is 8.42 Å². The third-order valence-corrected chi connectivity index (χ3v) is 5.22. The SMILES string of the molecule is CCCS(=O)(=O)CCC(CNC(C)C)c1ccccc1. The smallest absolute Gasteiger partial charge is 0.150 e. The van der Waals surface area contributed by atoms with Gasteiger partial charge in [0, 0.05) is 18.3 Å². The zero-order valence-corrected chi connectivity index (χ0v) is 13.6. The first-order valence-electron chi connectivity index (χ1n) is 7.43. The topological polar surface area (TPSA) is 46.2 Å². The van der Waals surface area contributed by atoms with E-state index in [4.69, 9.17) is 0 Å². The van der Waals surface area contributed by atoms with Crippen molar-refractivity contribution in [2.45, 2.75) is 45.6 Å². The number of benzene rings is 1. The lowest BCUT2D eigenvalue weighted by Gasteiger charge is -2.19. The molecule has 1 unspecified atom stereocenters. The first-order chi connectivity index (χ1) is 9.44. The second kappa shape index (κ2) is 8.42. The average Bonchev–Trinajstić information content (AvgIpc) is 2.39. The Morgan fingerprint density at radius 3 is 2.30 bits per heavy atom. The lowest BCUT2D eigenvalue weighted by molar-refractivity contribution is 0.517. The van der Waals surface area contributed by atoms with Crippen LogP contribution in [0.1, 0.15) is 45.1 Å². The maximum atomic E-state index is 11.9. The zero-order valence-electron chi connectivity index (χ0n) is 12.8. The number of hydrogen-bond donors (Lipinski definition) is 1. The Bertz CT molecular complexity index is 469. The van der Waals surface area contributed by atoms with Gasteiger partial charge in [-0.2, -0.15) is 0 Å². The summed E-state index contributed by atoms with van der Waals surface area (Å²) in [5.74, 6) is 0.831. The lowest BCUT2D eigenvalue weighted by atomic mass is 9.96. The molecule has 0 saturated heterocycles. The summed E-state index contributed by atoms with van der Waals surface area (Å²) in [5.41, 5.74) is 1.22. The highest BCUT2D eigenvalue weighted by Crippen LogP contribution is 2.20. The number of nitrogens with one attached hydrogen (secondary N) is 1. The van der Waals surface area contributed by atoms with Crippen molar-refractivity contribution in [3.05, 3.63) is 35.9 Å². The molecule has 0 amide bonds. The van der Waals surface area contributed by atoms with Gasteiger partial charge in [-0.3, -0.25) is 0 Å². The van der Waals surface area contributed by atoms with E-state index in [0.717, 1.165) is 6.54 Å². The number of rotatable bonds is 9. The van der Waals surface area contributed by atoms with E-state index >= 15 is 0 Å². The lowest BCUT2D eigenvalue weighted by Crippen LogP contribution is -2.29. The van der Waals surface area contributed by atoms with Crippen molar-refractivity contribution >= 4 is 9.84 Å². The van der Waals surface area contributed by atoms with Crippen molar-refractivity contribution in [1.82, 2.24) is 5.32 Å². The minimum absolute atomic E-state index is 0.255. The highest BCUT2D eigenvalue weighted by Gasteiger charge is 2.16. The standard InChI is InChI=1S/C16H27NO2S/c1-4-11-20(18,19)12-10-16(13-17-14(2)3)15-8-6-5-7-9-15/h5-9,14,16-17H,4,10-13H2,1-3H3. The molecule has 0 spiro atoms. The molecular weight excluding hydrogens is 270 g/mol. The van der Waals surface area contributed by atoms with E-state index in [1.165, 1.54) is 5.56 Å². The Kier molecular flexibility index (Phi) is 7.24. The largest absolute Gasteiger partial charge is 0.314 e.